The van der Waals surface area contributed by atoms with Gasteiger partial charge in [-0.05, 0) is 36.2 Å². The number of aromatic amines is 1. The number of aryl methyl sites for hydroxylation is 1. The Kier molecular flexibility index (Phi) is 5.24. The fourth-order valence-corrected chi connectivity index (χ4v) is 6.25. The Balaban J connectivity index is 1.55. The van der Waals surface area contributed by atoms with Crippen LogP contribution >= 0.6 is 0 Å². The quantitative estimate of drug-likeness (QED) is 0.416. The molecule has 0 spiro atoms. The molecule has 162 valence electrons. The van der Waals surface area contributed by atoms with Gasteiger partial charge in [0.2, 0.25) is 10.0 Å². The maximum atomic E-state index is 13.4. The highest BCUT2D eigenvalue weighted by Crippen LogP contribution is 2.43. The molecule has 3 aromatic carbocycles. The number of para-hydroxylation sites is 1. The second kappa shape index (κ2) is 8.08. The molecule has 1 aliphatic rings. The van der Waals surface area contributed by atoms with Crippen LogP contribution in [0.2, 0.25) is 0 Å². The highest BCUT2D eigenvalue weighted by Gasteiger charge is 2.40. The van der Waals surface area contributed by atoms with Crippen LogP contribution in [0.4, 0.5) is 0 Å². The summed E-state index contributed by atoms with van der Waals surface area (Å²) in [6.45, 7) is 7.03. The number of sulfonamides is 1. The fourth-order valence-electron chi connectivity index (χ4n) is 4.78. The van der Waals surface area contributed by atoms with Crippen molar-refractivity contribution in [2.75, 3.05) is 13.1 Å². The largest absolute Gasteiger partial charge is 0.361 e. The van der Waals surface area contributed by atoms with Crippen molar-refractivity contribution < 1.29 is 8.42 Å². The predicted octanol–water partition coefficient (Wildman–Crippen LogP) is 5.49. The first-order chi connectivity index (χ1) is 15.4. The standard InChI is InChI=1S/C27H26N2O2S/c1-19-12-14-22(15-13-19)32(30,31)29-17-20(2)25(18-29)27(21-8-4-3-5-9-21)24-16-28-26-11-7-6-10-23(24)26/h3-16,25,27-28H,2,17-18H2,1H3/t25-,27-/m1/s1. The van der Waals surface area contributed by atoms with Crippen molar-refractivity contribution in [1.82, 2.24) is 9.29 Å². The van der Waals surface area contributed by atoms with E-state index in [2.05, 4.69) is 42.0 Å². The van der Waals surface area contributed by atoms with E-state index in [1.54, 1.807) is 16.4 Å². The molecular formula is C27H26N2O2S. The summed E-state index contributed by atoms with van der Waals surface area (Å²) in [5.74, 6) is -0.00472. The van der Waals surface area contributed by atoms with E-state index in [1.807, 2.05) is 49.4 Å². The molecule has 1 aromatic heterocycles. The van der Waals surface area contributed by atoms with Crippen LogP contribution in [0.5, 0.6) is 0 Å². The van der Waals surface area contributed by atoms with Gasteiger partial charge in [0.15, 0.2) is 0 Å². The van der Waals surface area contributed by atoms with Crippen LogP contribution in [-0.4, -0.2) is 30.8 Å². The lowest BCUT2D eigenvalue weighted by atomic mass is 9.78. The highest BCUT2D eigenvalue weighted by atomic mass is 32.2. The molecule has 32 heavy (non-hydrogen) atoms. The minimum absolute atomic E-state index is 0.0121. The Morgan fingerprint density at radius 3 is 2.41 bits per heavy atom. The van der Waals surface area contributed by atoms with E-state index in [4.69, 9.17) is 0 Å². The Hall–Kier alpha value is -3.15. The number of fused-ring (bicyclic) bond motifs is 1. The molecule has 0 saturated carbocycles. The third-order valence-electron chi connectivity index (χ3n) is 6.48. The molecule has 2 atom stereocenters. The Morgan fingerprint density at radius 2 is 1.66 bits per heavy atom. The van der Waals surface area contributed by atoms with Crippen LogP contribution in [0.15, 0.2) is 102 Å². The van der Waals surface area contributed by atoms with E-state index in [0.29, 0.717) is 18.0 Å². The molecule has 0 amide bonds. The zero-order valence-electron chi connectivity index (χ0n) is 18.0. The Morgan fingerprint density at radius 1 is 0.969 bits per heavy atom. The molecule has 4 nitrogen and oxygen atoms in total. The average molecular weight is 443 g/mol. The molecule has 5 rings (SSSR count). The van der Waals surface area contributed by atoms with Gasteiger partial charge in [0.05, 0.1) is 4.90 Å². The van der Waals surface area contributed by atoms with E-state index < -0.39 is 10.0 Å². The number of rotatable bonds is 5. The van der Waals surface area contributed by atoms with Crippen molar-refractivity contribution in [1.29, 1.82) is 0 Å². The van der Waals surface area contributed by atoms with Crippen molar-refractivity contribution >= 4 is 20.9 Å². The summed E-state index contributed by atoms with van der Waals surface area (Å²) in [4.78, 5) is 3.72. The van der Waals surface area contributed by atoms with Gasteiger partial charge < -0.3 is 4.98 Å². The molecular weight excluding hydrogens is 416 g/mol. The first-order valence-electron chi connectivity index (χ1n) is 10.8. The van der Waals surface area contributed by atoms with E-state index in [-0.39, 0.29) is 11.8 Å². The Labute approximate surface area is 189 Å². The van der Waals surface area contributed by atoms with Gasteiger partial charge in [-0.25, -0.2) is 8.42 Å². The van der Waals surface area contributed by atoms with E-state index in [0.717, 1.165) is 27.6 Å². The number of H-pyrrole nitrogens is 1. The molecule has 1 aliphatic heterocycles. The van der Waals surface area contributed by atoms with E-state index >= 15 is 0 Å². The van der Waals surface area contributed by atoms with Gasteiger partial charge in [-0.1, -0.05) is 78.4 Å². The molecule has 1 N–H and O–H groups in total. The number of aromatic nitrogens is 1. The van der Waals surface area contributed by atoms with Crippen molar-refractivity contribution in [3.05, 3.63) is 114 Å². The molecule has 0 unspecified atom stereocenters. The summed E-state index contributed by atoms with van der Waals surface area (Å²) in [5, 5.41) is 1.16. The summed E-state index contributed by atoms with van der Waals surface area (Å²) in [7, 11) is -3.58. The fraction of sp³-hybridized carbons (Fsp3) is 0.185. The van der Waals surface area contributed by atoms with Crippen LogP contribution in [0, 0.1) is 12.8 Å². The van der Waals surface area contributed by atoms with Gasteiger partial charge in [-0.3, -0.25) is 0 Å². The van der Waals surface area contributed by atoms with E-state index in [1.165, 1.54) is 5.56 Å². The monoisotopic (exact) mass is 442 g/mol. The van der Waals surface area contributed by atoms with Crippen LogP contribution in [0.25, 0.3) is 10.9 Å². The van der Waals surface area contributed by atoms with Gasteiger partial charge in [0, 0.05) is 42.0 Å². The topological polar surface area (TPSA) is 53.2 Å². The van der Waals surface area contributed by atoms with Crippen molar-refractivity contribution in [3.8, 4) is 0 Å². The van der Waals surface area contributed by atoms with Crippen molar-refractivity contribution in [3.63, 3.8) is 0 Å². The summed E-state index contributed by atoms with van der Waals surface area (Å²) in [6, 6.07) is 25.6. The van der Waals surface area contributed by atoms with Crippen molar-refractivity contribution in [2.24, 2.45) is 5.92 Å². The van der Waals surface area contributed by atoms with Gasteiger partial charge in [0.25, 0.3) is 0 Å². The number of hydrogen-bond donors (Lipinski definition) is 1. The minimum atomic E-state index is -3.58. The van der Waals surface area contributed by atoms with Gasteiger partial charge >= 0.3 is 0 Å². The van der Waals surface area contributed by atoms with Gasteiger partial charge in [0.1, 0.15) is 0 Å². The second-order valence-electron chi connectivity index (χ2n) is 8.55. The number of nitrogens with zero attached hydrogens (tertiary/aromatic N) is 1. The third kappa shape index (κ3) is 3.57. The smallest absolute Gasteiger partial charge is 0.243 e. The number of benzene rings is 3. The molecule has 0 bridgehead atoms. The maximum Gasteiger partial charge on any atom is 0.243 e. The van der Waals surface area contributed by atoms with Crippen LogP contribution < -0.4 is 0 Å². The predicted molar refractivity (Wildman–Crippen MR) is 129 cm³/mol. The highest BCUT2D eigenvalue weighted by molar-refractivity contribution is 7.89. The average Bonchev–Trinajstić information content (AvgIpc) is 3.40. The first kappa shape index (κ1) is 20.7. The molecule has 4 aromatic rings. The minimum Gasteiger partial charge on any atom is -0.361 e. The Bertz CT molecular complexity index is 1370. The molecule has 1 fully saturated rings. The molecule has 2 heterocycles. The first-order valence-corrected chi connectivity index (χ1v) is 12.2. The van der Waals surface area contributed by atoms with Gasteiger partial charge in [-0.15, -0.1) is 0 Å². The lowest BCUT2D eigenvalue weighted by Crippen LogP contribution is -2.30. The summed E-state index contributed by atoms with van der Waals surface area (Å²) in [5.41, 5.74) is 5.40. The van der Waals surface area contributed by atoms with Crippen LogP contribution in [0.3, 0.4) is 0 Å². The summed E-state index contributed by atoms with van der Waals surface area (Å²) >= 11 is 0. The molecule has 0 radical (unpaired) electrons. The van der Waals surface area contributed by atoms with Crippen LogP contribution in [0.1, 0.15) is 22.6 Å². The summed E-state index contributed by atoms with van der Waals surface area (Å²) in [6.07, 6.45) is 2.06. The third-order valence-corrected chi connectivity index (χ3v) is 8.31. The molecule has 0 aliphatic carbocycles. The number of nitrogens with one attached hydrogen (secondary N) is 1. The molecule has 5 heteroatoms. The number of hydrogen-bond acceptors (Lipinski definition) is 2. The lowest BCUT2D eigenvalue weighted by molar-refractivity contribution is 0.444. The maximum absolute atomic E-state index is 13.4. The second-order valence-corrected chi connectivity index (χ2v) is 10.5. The molecule has 1 saturated heterocycles. The van der Waals surface area contributed by atoms with Crippen LogP contribution in [-0.2, 0) is 10.0 Å². The van der Waals surface area contributed by atoms with Gasteiger partial charge in [-0.2, -0.15) is 4.31 Å². The zero-order chi connectivity index (χ0) is 22.3. The normalized spacial score (nSPS) is 18.3. The SMILES string of the molecule is C=C1CN(S(=O)(=O)c2ccc(C)cc2)C[C@H]1[C@H](c1ccccc1)c1c[nH]c2ccccc12. The van der Waals surface area contributed by atoms with E-state index in [9.17, 15) is 8.42 Å². The lowest BCUT2D eigenvalue weighted by Gasteiger charge is -2.25. The zero-order valence-corrected chi connectivity index (χ0v) is 18.8. The van der Waals surface area contributed by atoms with Crippen molar-refractivity contribution in [2.45, 2.75) is 17.7 Å². The summed E-state index contributed by atoms with van der Waals surface area (Å²) < 4.78 is 28.3.